The lowest BCUT2D eigenvalue weighted by atomic mass is 10.2. The highest BCUT2D eigenvalue weighted by Crippen LogP contribution is 1.94. The topological polar surface area (TPSA) is 46.9 Å². The number of amides is 1. The van der Waals surface area contributed by atoms with Crippen molar-refractivity contribution in [3.63, 3.8) is 0 Å². The third-order valence-electron chi connectivity index (χ3n) is 1.62. The quantitative estimate of drug-likeness (QED) is 0.829. The van der Waals surface area contributed by atoms with Crippen molar-refractivity contribution >= 4 is 5.91 Å². The SMILES string of the molecule is CC.CC(C)CNC(=O)c1ccn(C)n1. The average Bonchev–Trinajstić information content (AvgIpc) is 2.64. The minimum Gasteiger partial charge on any atom is -0.350 e. The molecule has 0 spiro atoms. The molecule has 4 nitrogen and oxygen atoms in total. The maximum absolute atomic E-state index is 11.4. The Morgan fingerprint density at radius 2 is 2.13 bits per heavy atom. The number of aryl methyl sites for hydroxylation is 1. The predicted molar refractivity (Wildman–Crippen MR) is 61.7 cm³/mol. The Hall–Kier alpha value is -1.32. The fourth-order valence-electron chi connectivity index (χ4n) is 0.924. The smallest absolute Gasteiger partial charge is 0.271 e. The molecule has 86 valence electrons. The number of aromatic nitrogens is 2. The van der Waals surface area contributed by atoms with Gasteiger partial charge in [0.2, 0.25) is 0 Å². The van der Waals surface area contributed by atoms with Crippen molar-refractivity contribution in [2.24, 2.45) is 13.0 Å². The zero-order valence-electron chi connectivity index (χ0n) is 10.2. The molecular formula is C11H21N3O. The van der Waals surface area contributed by atoms with E-state index >= 15 is 0 Å². The molecule has 0 aromatic carbocycles. The second kappa shape index (κ2) is 7.04. The molecule has 4 heteroatoms. The van der Waals surface area contributed by atoms with Gasteiger partial charge in [-0.2, -0.15) is 5.10 Å². The van der Waals surface area contributed by atoms with Crippen LogP contribution in [0, 0.1) is 5.92 Å². The highest BCUT2D eigenvalue weighted by Gasteiger charge is 2.07. The Balaban J connectivity index is 0.000000921. The van der Waals surface area contributed by atoms with Crippen molar-refractivity contribution in [1.29, 1.82) is 0 Å². The zero-order chi connectivity index (χ0) is 11.8. The van der Waals surface area contributed by atoms with Crippen molar-refractivity contribution in [2.75, 3.05) is 6.54 Å². The number of carbonyl (C=O) groups excluding carboxylic acids is 1. The summed E-state index contributed by atoms with van der Waals surface area (Å²) in [6, 6.07) is 1.70. The summed E-state index contributed by atoms with van der Waals surface area (Å²) in [5.41, 5.74) is 0.475. The summed E-state index contributed by atoms with van der Waals surface area (Å²) in [7, 11) is 1.79. The Kier molecular flexibility index (Phi) is 6.42. The maximum atomic E-state index is 11.4. The van der Waals surface area contributed by atoms with Gasteiger partial charge in [0, 0.05) is 19.8 Å². The summed E-state index contributed by atoms with van der Waals surface area (Å²) in [6.07, 6.45) is 1.75. The molecule has 1 N–H and O–H groups in total. The first kappa shape index (κ1) is 13.7. The normalized spacial score (nSPS) is 9.47. The minimum atomic E-state index is -0.102. The van der Waals surface area contributed by atoms with E-state index in [1.54, 1.807) is 24.0 Å². The van der Waals surface area contributed by atoms with Gasteiger partial charge in [0.15, 0.2) is 0 Å². The van der Waals surface area contributed by atoms with E-state index in [4.69, 9.17) is 0 Å². The standard InChI is InChI=1S/C9H15N3O.C2H6/c1-7(2)6-10-9(13)8-4-5-12(3)11-8;1-2/h4-5,7H,6H2,1-3H3,(H,10,13);1-2H3. The minimum absolute atomic E-state index is 0.102. The van der Waals surface area contributed by atoms with Crippen LogP contribution in [0.3, 0.4) is 0 Å². The van der Waals surface area contributed by atoms with Gasteiger partial charge in [-0.05, 0) is 12.0 Å². The van der Waals surface area contributed by atoms with Crippen molar-refractivity contribution in [3.05, 3.63) is 18.0 Å². The molecule has 1 aromatic heterocycles. The van der Waals surface area contributed by atoms with E-state index in [0.29, 0.717) is 18.2 Å². The van der Waals surface area contributed by atoms with Gasteiger partial charge >= 0.3 is 0 Å². The number of nitrogens with one attached hydrogen (secondary N) is 1. The van der Waals surface area contributed by atoms with E-state index in [9.17, 15) is 4.79 Å². The molecular weight excluding hydrogens is 190 g/mol. The monoisotopic (exact) mass is 211 g/mol. The van der Waals surface area contributed by atoms with Crippen LogP contribution in [-0.2, 0) is 7.05 Å². The Morgan fingerprint density at radius 3 is 2.53 bits per heavy atom. The van der Waals surface area contributed by atoms with Gasteiger partial charge in [0.05, 0.1) is 0 Å². The van der Waals surface area contributed by atoms with E-state index in [1.807, 2.05) is 13.8 Å². The molecule has 0 radical (unpaired) electrons. The zero-order valence-corrected chi connectivity index (χ0v) is 10.2. The fourth-order valence-corrected chi connectivity index (χ4v) is 0.924. The number of rotatable bonds is 3. The van der Waals surface area contributed by atoms with Gasteiger partial charge in [-0.15, -0.1) is 0 Å². The Morgan fingerprint density at radius 1 is 1.53 bits per heavy atom. The van der Waals surface area contributed by atoms with E-state index in [-0.39, 0.29) is 5.91 Å². The lowest BCUT2D eigenvalue weighted by Gasteiger charge is -2.04. The highest BCUT2D eigenvalue weighted by atomic mass is 16.1. The van der Waals surface area contributed by atoms with Crippen LogP contribution in [0.15, 0.2) is 12.3 Å². The van der Waals surface area contributed by atoms with Crippen LogP contribution in [0.1, 0.15) is 38.2 Å². The molecule has 0 saturated carbocycles. The predicted octanol–water partition coefficient (Wildman–Crippen LogP) is 1.83. The summed E-state index contributed by atoms with van der Waals surface area (Å²) in [5.74, 6) is 0.363. The Bertz CT molecular complexity index is 292. The van der Waals surface area contributed by atoms with Gasteiger partial charge in [0.25, 0.3) is 5.91 Å². The largest absolute Gasteiger partial charge is 0.350 e. The van der Waals surface area contributed by atoms with E-state index in [1.165, 1.54) is 0 Å². The van der Waals surface area contributed by atoms with Gasteiger partial charge < -0.3 is 5.32 Å². The molecule has 1 amide bonds. The van der Waals surface area contributed by atoms with Crippen LogP contribution in [0.4, 0.5) is 0 Å². The van der Waals surface area contributed by atoms with E-state index < -0.39 is 0 Å². The summed E-state index contributed by atoms with van der Waals surface area (Å²) in [5, 5.41) is 6.79. The first-order valence-corrected chi connectivity index (χ1v) is 5.37. The molecule has 0 aliphatic rings. The first-order valence-electron chi connectivity index (χ1n) is 5.37. The molecule has 0 aliphatic carbocycles. The summed E-state index contributed by atoms with van der Waals surface area (Å²) in [4.78, 5) is 11.4. The van der Waals surface area contributed by atoms with Crippen molar-refractivity contribution < 1.29 is 4.79 Å². The lowest BCUT2D eigenvalue weighted by Crippen LogP contribution is -2.27. The third-order valence-corrected chi connectivity index (χ3v) is 1.62. The van der Waals surface area contributed by atoms with Crippen LogP contribution in [0.25, 0.3) is 0 Å². The molecule has 0 bridgehead atoms. The molecule has 1 rings (SSSR count). The molecule has 0 atom stereocenters. The molecule has 1 aromatic rings. The average molecular weight is 211 g/mol. The molecule has 0 saturated heterocycles. The summed E-state index contributed by atoms with van der Waals surface area (Å²) in [6.45, 7) is 8.80. The number of hydrogen-bond acceptors (Lipinski definition) is 2. The van der Waals surface area contributed by atoms with Crippen LogP contribution >= 0.6 is 0 Å². The molecule has 0 fully saturated rings. The van der Waals surface area contributed by atoms with Gasteiger partial charge in [-0.3, -0.25) is 9.48 Å². The van der Waals surface area contributed by atoms with E-state index in [0.717, 1.165) is 0 Å². The van der Waals surface area contributed by atoms with Gasteiger partial charge in [0.1, 0.15) is 5.69 Å². The number of nitrogens with zero attached hydrogens (tertiary/aromatic N) is 2. The Labute approximate surface area is 91.7 Å². The van der Waals surface area contributed by atoms with Crippen LogP contribution in [-0.4, -0.2) is 22.2 Å². The van der Waals surface area contributed by atoms with Crippen molar-refractivity contribution in [1.82, 2.24) is 15.1 Å². The molecule has 15 heavy (non-hydrogen) atoms. The highest BCUT2D eigenvalue weighted by molar-refractivity contribution is 5.92. The van der Waals surface area contributed by atoms with Crippen LogP contribution in [0.2, 0.25) is 0 Å². The second-order valence-electron chi connectivity index (χ2n) is 3.48. The number of hydrogen-bond donors (Lipinski definition) is 1. The van der Waals surface area contributed by atoms with Gasteiger partial charge in [-0.1, -0.05) is 27.7 Å². The second-order valence-corrected chi connectivity index (χ2v) is 3.48. The van der Waals surface area contributed by atoms with Gasteiger partial charge in [-0.25, -0.2) is 0 Å². The third kappa shape index (κ3) is 5.20. The lowest BCUT2D eigenvalue weighted by molar-refractivity contribution is 0.0943. The summed E-state index contributed by atoms with van der Waals surface area (Å²) < 4.78 is 1.62. The van der Waals surface area contributed by atoms with Crippen molar-refractivity contribution in [2.45, 2.75) is 27.7 Å². The molecule has 1 heterocycles. The molecule has 0 unspecified atom stereocenters. The molecule has 0 aliphatic heterocycles. The van der Waals surface area contributed by atoms with Crippen LogP contribution in [0.5, 0.6) is 0 Å². The van der Waals surface area contributed by atoms with Crippen LogP contribution < -0.4 is 5.32 Å². The first-order chi connectivity index (χ1) is 7.09. The van der Waals surface area contributed by atoms with E-state index in [2.05, 4.69) is 24.3 Å². The fraction of sp³-hybridized carbons (Fsp3) is 0.636. The maximum Gasteiger partial charge on any atom is 0.271 e. The number of carbonyl (C=O) groups is 1. The summed E-state index contributed by atoms with van der Waals surface area (Å²) >= 11 is 0. The van der Waals surface area contributed by atoms with Crippen molar-refractivity contribution in [3.8, 4) is 0 Å².